The van der Waals surface area contributed by atoms with Gasteiger partial charge in [-0.05, 0) is 41.5 Å². The molecule has 0 radical (unpaired) electrons. The normalized spacial score (nSPS) is 20.4. The minimum Gasteiger partial charge on any atom is -0.294 e. The number of aryl methyl sites for hydroxylation is 1. The molecule has 7 heteroatoms. The molecular formula is C25H25ClN2O4. The number of ketones is 1. The van der Waals surface area contributed by atoms with Crippen LogP contribution in [-0.2, 0) is 16.0 Å². The second-order valence-corrected chi connectivity index (χ2v) is 9.71. The molecular weight excluding hydrogens is 428 g/mol. The van der Waals surface area contributed by atoms with E-state index in [9.17, 15) is 19.7 Å². The summed E-state index contributed by atoms with van der Waals surface area (Å²) in [4.78, 5) is 39.4. The largest absolute Gasteiger partial charge is 0.294 e. The Morgan fingerprint density at radius 3 is 2.44 bits per heavy atom. The second-order valence-electron chi connectivity index (χ2n) is 9.27. The van der Waals surface area contributed by atoms with Crippen LogP contribution in [-0.4, -0.2) is 16.6 Å². The van der Waals surface area contributed by atoms with Crippen molar-refractivity contribution >= 4 is 34.7 Å². The Hall–Kier alpha value is -2.99. The predicted octanol–water partition coefficient (Wildman–Crippen LogP) is 5.97. The summed E-state index contributed by atoms with van der Waals surface area (Å²) in [5.41, 5.74) is 2.81. The Kier molecular flexibility index (Phi) is 5.67. The number of nitro benzene ring substituents is 1. The maximum Gasteiger partial charge on any atom is 0.294 e. The topological polar surface area (TPSA) is 80.5 Å². The molecule has 0 bridgehead atoms. The van der Waals surface area contributed by atoms with Gasteiger partial charge in [0.2, 0.25) is 5.91 Å². The summed E-state index contributed by atoms with van der Waals surface area (Å²) in [5.74, 6) is -0.617. The van der Waals surface area contributed by atoms with Crippen molar-refractivity contribution < 1.29 is 14.5 Å². The highest BCUT2D eigenvalue weighted by Gasteiger charge is 2.45. The maximum atomic E-state index is 13.5. The number of carbonyl (C=O) groups excluding carboxylic acids is 2. The smallest absolute Gasteiger partial charge is 0.294 e. The Morgan fingerprint density at radius 2 is 1.81 bits per heavy atom. The van der Waals surface area contributed by atoms with Gasteiger partial charge in [0, 0.05) is 41.1 Å². The number of hydrogen-bond acceptors (Lipinski definition) is 4. The van der Waals surface area contributed by atoms with Gasteiger partial charge in [-0.1, -0.05) is 56.6 Å². The van der Waals surface area contributed by atoms with Crippen LogP contribution in [0.25, 0.3) is 0 Å². The Balaban J connectivity index is 1.92. The quantitative estimate of drug-likeness (QED) is 0.422. The van der Waals surface area contributed by atoms with E-state index in [1.165, 1.54) is 28.7 Å². The van der Waals surface area contributed by atoms with E-state index < -0.39 is 4.92 Å². The minimum absolute atomic E-state index is 0.00469. The van der Waals surface area contributed by atoms with E-state index in [1.807, 2.05) is 38.1 Å². The molecule has 0 N–H and O–H groups in total. The zero-order valence-electron chi connectivity index (χ0n) is 18.4. The number of halogens is 1. The van der Waals surface area contributed by atoms with Crippen molar-refractivity contribution in [1.29, 1.82) is 0 Å². The first-order chi connectivity index (χ1) is 15.1. The molecule has 2 aromatic carbocycles. The summed E-state index contributed by atoms with van der Waals surface area (Å²) in [7, 11) is 0. The summed E-state index contributed by atoms with van der Waals surface area (Å²) in [6.07, 6.45) is 1.83. The molecule has 1 unspecified atom stereocenters. The maximum absolute atomic E-state index is 13.5. The van der Waals surface area contributed by atoms with E-state index in [2.05, 4.69) is 6.92 Å². The van der Waals surface area contributed by atoms with Gasteiger partial charge in [0.15, 0.2) is 5.78 Å². The van der Waals surface area contributed by atoms with Gasteiger partial charge in [0.05, 0.1) is 4.92 Å². The molecule has 2 aliphatic rings. The standard InChI is InChI=1S/C25H25ClN2O4/c1-4-15-5-7-16(8-6-15)18-12-23(30)27(19-10-9-17(26)11-20(19)28(31)32)21-13-25(2,3)14-22(29)24(18)21/h5-11,18H,4,12-14H2,1-3H3. The molecule has 0 spiro atoms. The lowest BCUT2D eigenvalue weighted by Crippen LogP contribution is -2.44. The molecule has 32 heavy (non-hydrogen) atoms. The van der Waals surface area contributed by atoms with Gasteiger partial charge in [0.1, 0.15) is 5.69 Å². The highest BCUT2D eigenvalue weighted by molar-refractivity contribution is 6.31. The number of anilines is 1. The lowest BCUT2D eigenvalue weighted by Gasteiger charge is -2.42. The van der Waals surface area contributed by atoms with Gasteiger partial charge >= 0.3 is 0 Å². The summed E-state index contributed by atoms with van der Waals surface area (Å²) in [6, 6.07) is 12.3. The number of Topliss-reactive ketones (excluding diaryl/α,β-unsaturated/α-hetero) is 1. The van der Waals surface area contributed by atoms with Crippen molar-refractivity contribution in [1.82, 2.24) is 0 Å². The number of amides is 1. The van der Waals surface area contributed by atoms with E-state index >= 15 is 0 Å². The highest BCUT2D eigenvalue weighted by atomic mass is 35.5. The molecule has 2 aromatic rings. The van der Waals surface area contributed by atoms with E-state index in [4.69, 9.17) is 11.6 Å². The monoisotopic (exact) mass is 452 g/mol. The molecule has 166 valence electrons. The third kappa shape index (κ3) is 3.95. The van der Waals surface area contributed by atoms with E-state index in [-0.39, 0.29) is 45.8 Å². The highest BCUT2D eigenvalue weighted by Crippen LogP contribution is 2.49. The summed E-state index contributed by atoms with van der Waals surface area (Å²) >= 11 is 6.00. The fourth-order valence-corrected chi connectivity index (χ4v) is 4.96. The van der Waals surface area contributed by atoms with Crippen LogP contribution in [0.5, 0.6) is 0 Å². The van der Waals surface area contributed by atoms with Crippen LogP contribution in [0.2, 0.25) is 5.02 Å². The van der Waals surface area contributed by atoms with E-state index in [0.29, 0.717) is 24.1 Å². The number of nitrogens with zero attached hydrogens (tertiary/aromatic N) is 2. The number of allylic oxidation sites excluding steroid dienone is 2. The minimum atomic E-state index is -0.542. The van der Waals surface area contributed by atoms with Gasteiger partial charge in [-0.15, -0.1) is 0 Å². The third-order valence-corrected chi connectivity index (χ3v) is 6.54. The molecule has 1 aliphatic carbocycles. The van der Waals surface area contributed by atoms with Crippen LogP contribution in [0.3, 0.4) is 0 Å². The molecule has 1 aliphatic heterocycles. The Morgan fingerprint density at radius 1 is 1.12 bits per heavy atom. The number of hydrogen-bond donors (Lipinski definition) is 0. The van der Waals surface area contributed by atoms with Crippen molar-refractivity contribution in [2.75, 3.05) is 4.90 Å². The number of benzene rings is 2. The van der Waals surface area contributed by atoms with Crippen molar-refractivity contribution in [2.24, 2.45) is 5.41 Å². The van der Waals surface area contributed by atoms with Crippen LogP contribution in [0.4, 0.5) is 11.4 Å². The summed E-state index contributed by atoms with van der Waals surface area (Å²) in [5, 5.41) is 12.0. The van der Waals surface area contributed by atoms with Crippen LogP contribution in [0.1, 0.15) is 57.1 Å². The average molecular weight is 453 g/mol. The molecule has 0 saturated heterocycles. The number of rotatable bonds is 4. The number of nitro groups is 1. The second kappa shape index (κ2) is 8.17. The molecule has 6 nitrogen and oxygen atoms in total. The van der Waals surface area contributed by atoms with Crippen LogP contribution in [0, 0.1) is 15.5 Å². The van der Waals surface area contributed by atoms with Crippen molar-refractivity contribution in [3.05, 3.63) is 80.0 Å². The van der Waals surface area contributed by atoms with Crippen LogP contribution in [0.15, 0.2) is 53.7 Å². The molecule has 1 heterocycles. The zero-order chi connectivity index (χ0) is 23.2. The number of carbonyl (C=O) groups is 2. The lowest BCUT2D eigenvalue weighted by molar-refractivity contribution is -0.384. The van der Waals surface area contributed by atoms with Crippen LogP contribution >= 0.6 is 11.6 Å². The van der Waals surface area contributed by atoms with Crippen molar-refractivity contribution in [2.45, 2.75) is 52.4 Å². The predicted molar refractivity (Wildman–Crippen MR) is 124 cm³/mol. The molecule has 4 rings (SSSR count). The fraction of sp³-hybridized carbons (Fsp3) is 0.360. The van der Waals surface area contributed by atoms with Crippen LogP contribution < -0.4 is 4.90 Å². The summed E-state index contributed by atoms with van der Waals surface area (Å²) < 4.78 is 0. The molecule has 0 aromatic heterocycles. The van der Waals surface area contributed by atoms with Gasteiger partial charge in [-0.2, -0.15) is 0 Å². The first kappa shape index (κ1) is 22.2. The van der Waals surface area contributed by atoms with Gasteiger partial charge < -0.3 is 0 Å². The molecule has 0 fully saturated rings. The molecule has 0 saturated carbocycles. The average Bonchev–Trinajstić information content (AvgIpc) is 2.72. The molecule has 1 amide bonds. The van der Waals surface area contributed by atoms with Crippen molar-refractivity contribution in [3.63, 3.8) is 0 Å². The Bertz CT molecular complexity index is 1150. The first-order valence-corrected chi connectivity index (χ1v) is 11.1. The van der Waals surface area contributed by atoms with Gasteiger partial charge in [-0.3, -0.25) is 24.6 Å². The van der Waals surface area contributed by atoms with Gasteiger partial charge in [0.25, 0.3) is 5.69 Å². The third-order valence-electron chi connectivity index (χ3n) is 6.31. The fourth-order valence-electron chi connectivity index (χ4n) is 4.80. The van der Waals surface area contributed by atoms with Crippen molar-refractivity contribution in [3.8, 4) is 0 Å². The SMILES string of the molecule is CCc1ccc(C2CC(=O)N(c3ccc(Cl)cc3[N+](=O)[O-])C3=C2C(=O)CC(C)(C)C3)cc1. The van der Waals surface area contributed by atoms with E-state index in [0.717, 1.165) is 12.0 Å². The summed E-state index contributed by atoms with van der Waals surface area (Å²) in [6.45, 7) is 6.03. The zero-order valence-corrected chi connectivity index (χ0v) is 19.1. The van der Waals surface area contributed by atoms with E-state index in [1.54, 1.807) is 0 Å². The first-order valence-electron chi connectivity index (χ1n) is 10.7. The Labute approximate surface area is 192 Å². The van der Waals surface area contributed by atoms with Gasteiger partial charge in [-0.25, -0.2) is 0 Å². The molecule has 1 atom stereocenters. The lowest BCUT2D eigenvalue weighted by atomic mass is 9.69.